The second kappa shape index (κ2) is 8.74. The molecule has 156 valence electrons. The Morgan fingerprint density at radius 1 is 1.13 bits per heavy atom. The summed E-state index contributed by atoms with van der Waals surface area (Å²) in [5.41, 5.74) is 4.11. The maximum atomic E-state index is 13.0. The van der Waals surface area contributed by atoms with E-state index in [0.717, 1.165) is 41.3 Å². The van der Waals surface area contributed by atoms with E-state index in [1.54, 1.807) is 0 Å². The number of para-hydroxylation sites is 2. The van der Waals surface area contributed by atoms with E-state index in [9.17, 15) is 4.79 Å². The largest absolute Gasteiger partial charge is 0.486 e. The minimum Gasteiger partial charge on any atom is -0.486 e. The molecule has 0 saturated carbocycles. The van der Waals surface area contributed by atoms with Crippen LogP contribution >= 0.6 is 0 Å². The molecule has 0 amide bonds. The lowest BCUT2D eigenvalue weighted by Crippen LogP contribution is -2.37. The first kappa shape index (κ1) is 20.2. The minimum atomic E-state index is -0.0897. The number of ketones is 1. The van der Waals surface area contributed by atoms with Gasteiger partial charge in [0.1, 0.15) is 6.61 Å². The third-order valence-electron chi connectivity index (χ3n) is 5.65. The molecule has 3 aromatic rings. The van der Waals surface area contributed by atoms with Crippen LogP contribution in [-0.4, -0.2) is 23.1 Å². The number of aromatic nitrogens is 2. The summed E-state index contributed by atoms with van der Waals surface area (Å²) in [7, 11) is 0. The first-order valence-corrected chi connectivity index (χ1v) is 10.6. The second-order valence-electron chi connectivity index (χ2n) is 7.94. The van der Waals surface area contributed by atoms with Crippen molar-refractivity contribution in [2.75, 3.05) is 6.61 Å². The zero-order valence-corrected chi connectivity index (χ0v) is 17.9. The Bertz CT molecular complexity index is 1040. The molecule has 4 rings (SSSR count). The van der Waals surface area contributed by atoms with Gasteiger partial charge in [0.2, 0.25) is 12.3 Å². The molecule has 0 spiro atoms. The average molecular weight is 406 g/mol. The summed E-state index contributed by atoms with van der Waals surface area (Å²) in [5, 5.41) is 0. The first-order chi connectivity index (χ1) is 14.5. The number of pyridine rings is 1. The van der Waals surface area contributed by atoms with E-state index in [-0.39, 0.29) is 11.9 Å². The molecule has 0 saturated heterocycles. The molecule has 5 heteroatoms. The number of benzene rings is 1. The van der Waals surface area contributed by atoms with Gasteiger partial charge in [0.15, 0.2) is 30.0 Å². The maximum absolute atomic E-state index is 13.0. The normalized spacial score (nSPS) is 15.2. The van der Waals surface area contributed by atoms with Crippen LogP contribution in [0, 0.1) is 13.8 Å². The van der Waals surface area contributed by atoms with E-state index in [0.29, 0.717) is 19.7 Å². The second-order valence-corrected chi connectivity index (χ2v) is 7.94. The van der Waals surface area contributed by atoms with Crippen LogP contribution in [0.1, 0.15) is 40.7 Å². The standard InChI is InChI=1S/C25H29N2O3/c1-4-7-20-10-12-26(13-11-20)16-23(28)22-14-18(2)27(19(22)3)15-21-17-29-24-8-5-6-9-25(24)30-21/h5-6,8-14,21H,4,7,15-17H2,1-3H3/q+1/t21-/m0/s1. The van der Waals surface area contributed by atoms with Crippen molar-refractivity contribution in [3.05, 3.63) is 77.4 Å². The van der Waals surface area contributed by atoms with Crippen molar-refractivity contribution in [3.63, 3.8) is 0 Å². The van der Waals surface area contributed by atoms with Gasteiger partial charge in [-0.15, -0.1) is 0 Å². The van der Waals surface area contributed by atoms with Crippen LogP contribution in [0.2, 0.25) is 0 Å². The summed E-state index contributed by atoms with van der Waals surface area (Å²) in [6, 6.07) is 13.9. The monoisotopic (exact) mass is 405 g/mol. The van der Waals surface area contributed by atoms with E-state index in [4.69, 9.17) is 9.47 Å². The highest BCUT2D eigenvalue weighted by molar-refractivity contribution is 5.96. The zero-order chi connectivity index (χ0) is 21.1. The predicted molar refractivity (Wildman–Crippen MR) is 115 cm³/mol. The Kier molecular flexibility index (Phi) is 5.88. The third kappa shape index (κ3) is 4.25. The van der Waals surface area contributed by atoms with E-state index in [2.05, 4.69) is 23.6 Å². The number of hydrogen-bond acceptors (Lipinski definition) is 3. The molecule has 5 nitrogen and oxygen atoms in total. The number of carbonyl (C=O) groups is 1. The number of Topliss-reactive ketones (excluding diaryl/α,β-unsaturated/α-hetero) is 1. The maximum Gasteiger partial charge on any atom is 0.229 e. The molecule has 1 aliphatic heterocycles. The van der Waals surface area contributed by atoms with Gasteiger partial charge in [0.05, 0.1) is 6.54 Å². The molecule has 0 radical (unpaired) electrons. The van der Waals surface area contributed by atoms with Crippen molar-refractivity contribution < 1.29 is 18.8 Å². The molecule has 1 atom stereocenters. The van der Waals surface area contributed by atoms with Gasteiger partial charge in [-0.05, 0) is 44.0 Å². The molecular weight excluding hydrogens is 376 g/mol. The SMILES string of the molecule is CCCc1cc[n+](CC(=O)c2cc(C)n(C[C@H]3COc4ccccc4O3)c2C)cc1. The molecular formula is C25H29N2O3+. The van der Waals surface area contributed by atoms with Crippen molar-refractivity contribution in [1.82, 2.24) is 4.57 Å². The molecule has 0 unspecified atom stereocenters. The Morgan fingerprint density at radius 2 is 1.87 bits per heavy atom. The summed E-state index contributed by atoms with van der Waals surface area (Å²) in [6.45, 7) is 7.70. The molecule has 1 aliphatic rings. The number of rotatable bonds is 7. The fourth-order valence-electron chi connectivity index (χ4n) is 4.02. The third-order valence-corrected chi connectivity index (χ3v) is 5.65. The predicted octanol–water partition coefficient (Wildman–Crippen LogP) is 4.07. The van der Waals surface area contributed by atoms with Crippen LogP contribution in [0.25, 0.3) is 0 Å². The summed E-state index contributed by atoms with van der Waals surface area (Å²) in [4.78, 5) is 13.0. The molecule has 0 aliphatic carbocycles. The van der Waals surface area contributed by atoms with Crippen LogP contribution < -0.4 is 14.0 Å². The first-order valence-electron chi connectivity index (χ1n) is 10.6. The summed E-state index contributed by atoms with van der Waals surface area (Å²) in [5.74, 6) is 1.68. The zero-order valence-electron chi connectivity index (χ0n) is 17.9. The molecule has 0 fully saturated rings. The van der Waals surface area contributed by atoms with Crippen LogP contribution in [0.15, 0.2) is 54.9 Å². The number of ether oxygens (including phenoxy) is 2. The smallest absolute Gasteiger partial charge is 0.229 e. The summed E-state index contributed by atoms with van der Waals surface area (Å²) >= 11 is 0. The van der Waals surface area contributed by atoms with Gasteiger partial charge < -0.3 is 14.0 Å². The molecule has 1 aromatic carbocycles. The van der Waals surface area contributed by atoms with E-state index in [1.165, 1.54) is 5.56 Å². The van der Waals surface area contributed by atoms with Crippen LogP contribution in [0.3, 0.4) is 0 Å². The van der Waals surface area contributed by atoms with Crippen molar-refractivity contribution >= 4 is 5.78 Å². The molecule has 30 heavy (non-hydrogen) atoms. The van der Waals surface area contributed by atoms with Crippen molar-refractivity contribution in [3.8, 4) is 11.5 Å². The lowest BCUT2D eigenvalue weighted by atomic mass is 10.1. The summed E-state index contributed by atoms with van der Waals surface area (Å²) < 4.78 is 16.1. The van der Waals surface area contributed by atoms with Gasteiger partial charge in [0, 0.05) is 29.1 Å². The van der Waals surface area contributed by atoms with Crippen molar-refractivity contribution in [2.45, 2.75) is 52.8 Å². The highest BCUT2D eigenvalue weighted by Crippen LogP contribution is 2.31. The molecule has 0 N–H and O–H groups in total. The van der Waals surface area contributed by atoms with E-state index >= 15 is 0 Å². The van der Waals surface area contributed by atoms with Gasteiger partial charge in [-0.1, -0.05) is 25.5 Å². The number of carbonyl (C=O) groups excluding carboxylic acids is 1. The molecule has 2 aromatic heterocycles. The molecule has 0 bridgehead atoms. The number of fused-ring (bicyclic) bond motifs is 1. The fraction of sp³-hybridized carbons (Fsp3) is 0.360. The minimum absolute atomic E-state index is 0.0897. The number of nitrogens with zero attached hydrogens (tertiary/aromatic N) is 2. The Hall–Kier alpha value is -3.08. The van der Waals surface area contributed by atoms with Crippen molar-refractivity contribution in [1.29, 1.82) is 0 Å². The highest BCUT2D eigenvalue weighted by atomic mass is 16.6. The fourth-order valence-corrected chi connectivity index (χ4v) is 4.02. The van der Waals surface area contributed by atoms with Crippen LogP contribution in [0.4, 0.5) is 0 Å². The molecule has 3 heterocycles. The van der Waals surface area contributed by atoms with Gasteiger partial charge in [-0.25, -0.2) is 0 Å². The van der Waals surface area contributed by atoms with Crippen molar-refractivity contribution in [2.24, 2.45) is 0 Å². The van der Waals surface area contributed by atoms with Gasteiger partial charge in [-0.3, -0.25) is 4.79 Å². The highest BCUT2D eigenvalue weighted by Gasteiger charge is 2.24. The van der Waals surface area contributed by atoms with Gasteiger partial charge >= 0.3 is 0 Å². The Labute approximate surface area is 177 Å². The number of hydrogen-bond donors (Lipinski definition) is 0. The van der Waals surface area contributed by atoms with Gasteiger partial charge in [-0.2, -0.15) is 4.57 Å². The van der Waals surface area contributed by atoms with E-state index < -0.39 is 0 Å². The Morgan fingerprint density at radius 3 is 2.60 bits per heavy atom. The van der Waals surface area contributed by atoms with Crippen LogP contribution in [0.5, 0.6) is 11.5 Å². The Balaban J connectivity index is 1.46. The van der Waals surface area contributed by atoms with E-state index in [1.807, 2.05) is 61.1 Å². The lowest BCUT2D eigenvalue weighted by Gasteiger charge is -2.27. The topological polar surface area (TPSA) is 44.3 Å². The number of aryl methyl sites for hydroxylation is 2. The summed E-state index contributed by atoms with van der Waals surface area (Å²) in [6.07, 6.45) is 6.08. The lowest BCUT2D eigenvalue weighted by molar-refractivity contribution is -0.683. The van der Waals surface area contributed by atoms with Gasteiger partial charge in [0.25, 0.3) is 0 Å². The quantitative estimate of drug-likeness (QED) is 0.440. The average Bonchev–Trinajstić information content (AvgIpc) is 3.03. The van der Waals surface area contributed by atoms with Crippen LogP contribution in [-0.2, 0) is 19.5 Å².